The number of benzene rings is 1. The molecule has 6 heteroatoms. The molecule has 1 fully saturated rings. The van der Waals surface area contributed by atoms with E-state index < -0.39 is 5.60 Å². The van der Waals surface area contributed by atoms with Gasteiger partial charge in [0.05, 0.1) is 23.2 Å². The average Bonchev–Trinajstić information content (AvgIpc) is 2.93. The molecule has 1 aromatic rings. The van der Waals surface area contributed by atoms with Crippen LogP contribution in [0.3, 0.4) is 0 Å². The van der Waals surface area contributed by atoms with Gasteiger partial charge in [-0.3, -0.25) is 0 Å². The number of nitrogens with zero attached hydrogens (tertiary/aromatic N) is 1. The molecule has 0 aromatic heterocycles. The molecule has 0 spiro atoms. The van der Waals surface area contributed by atoms with Crippen molar-refractivity contribution in [3.8, 4) is 5.75 Å². The lowest BCUT2D eigenvalue weighted by Gasteiger charge is -2.28. The minimum Gasteiger partial charge on any atom is -0.496 e. The fraction of sp³-hybridized carbons (Fsp3) is 0.526. The zero-order valence-corrected chi connectivity index (χ0v) is 16.9. The topological polar surface area (TPSA) is 38.8 Å². The molecule has 1 saturated heterocycles. The zero-order chi connectivity index (χ0) is 18.9. The first-order chi connectivity index (χ1) is 11.5. The molecule has 4 nitrogen and oxygen atoms in total. The number of carbonyl (C=O) groups is 1. The smallest absolute Gasteiger partial charge is 0.410 e. The van der Waals surface area contributed by atoms with Crippen molar-refractivity contribution in [3.05, 3.63) is 39.9 Å². The summed E-state index contributed by atoms with van der Waals surface area (Å²) in [6, 6.07) is 3.40. The van der Waals surface area contributed by atoms with Gasteiger partial charge in [-0.05, 0) is 46.2 Å². The predicted molar refractivity (Wildman–Crippen MR) is 102 cm³/mol. The highest BCUT2D eigenvalue weighted by Crippen LogP contribution is 2.44. The summed E-state index contributed by atoms with van der Waals surface area (Å²) in [4.78, 5) is 14.3. The van der Waals surface area contributed by atoms with E-state index in [0.717, 1.165) is 11.1 Å². The quantitative estimate of drug-likeness (QED) is 0.628. The lowest BCUT2D eigenvalue weighted by atomic mass is 9.93. The number of carbonyl (C=O) groups excluding carboxylic acids is 1. The Morgan fingerprint density at radius 2 is 1.96 bits per heavy atom. The van der Waals surface area contributed by atoms with E-state index in [1.807, 2.05) is 27.7 Å². The van der Waals surface area contributed by atoms with Crippen LogP contribution in [-0.4, -0.2) is 36.3 Å². The van der Waals surface area contributed by atoms with Crippen molar-refractivity contribution in [1.29, 1.82) is 0 Å². The Labute approximate surface area is 159 Å². The monoisotopic (exact) mass is 385 g/mol. The molecular formula is C19H25Cl2NO3. The van der Waals surface area contributed by atoms with Gasteiger partial charge in [0.1, 0.15) is 11.4 Å². The summed E-state index contributed by atoms with van der Waals surface area (Å²) < 4.78 is 11.0. The van der Waals surface area contributed by atoms with Crippen LogP contribution in [0.15, 0.2) is 24.3 Å². The SMILES string of the molecule is C=C(C)[C@@H]1C[C@H](c2c(OC)ccc(Cl)c2Cl)CN1C(=O)OC(C)(C)C. The van der Waals surface area contributed by atoms with Crippen molar-refractivity contribution < 1.29 is 14.3 Å². The van der Waals surface area contributed by atoms with Crippen LogP contribution in [0, 0.1) is 0 Å². The van der Waals surface area contributed by atoms with Crippen molar-refractivity contribution in [1.82, 2.24) is 4.90 Å². The van der Waals surface area contributed by atoms with E-state index in [1.165, 1.54) is 0 Å². The molecule has 1 heterocycles. The Bertz CT molecular complexity index is 682. The van der Waals surface area contributed by atoms with Crippen molar-refractivity contribution >= 4 is 29.3 Å². The molecular weight excluding hydrogens is 361 g/mol. The molecule has 0 unspecified atom stereocenters. The maximum Gasteiger partial charge on any atom is 0.410 e. The summed E-state index contributed by atoms with van der Waals surface area (Å²) in [6.07, 6.45) is 0.352. The summed E-state index contributed by atoms with van der Waals surface area (Å²) in [5.41, 5.74) is 1.18. The van der Waals surface area contributed by atoms with E-state index in [2.05, 4.69) is 6.58 Å². The molecule has 1 aromatic carbocycles. The van der Waals surface area contributed by atoms with Gasteiger partial charge >= 0.3 is 6.09 Å². The lowest BCUT2D eigenvalue weighted by molar-refractivity contribution is 0.0247. The zero-order valence-electron chi connectivity index (χ0n) is 15.4. The van der Waals surface area contributed by atoms with Gasteiger partial charge < -0.3 is 14.4 Å². The Morgan fingerprint density at radius 3 is 2.48 bits per heavy atom. The van der Waals surface area contributed by atoms with E-state index >= 15 is 0 Å². The molecule has 1 amide bonds. The largest absolute Gasteiger partial charge is 0.496 e. The molecule has 0 saturated carbocycles. The van der Waals surface area contributed by atoms with E-state index in [-0.39, 0.29) is 18.1 Å². The average molecular weight is 386 g/mol. The van der Waals surface area contributed by atoms with E-state index in [1.54, 1.807) is 24.1 Å². The highest BCUT2D eigenvalue weighted by atomic mass is 35.5. The van der Waals surface area contributed by atoms with E-state index in [4.69, 9.17) is 32.7 Å². The Kier molecular flexibility index (Phi) is 5.95. The van der Waals surface area contributed by atoms with Crippen LogP contribution in [0.25, 0.3) is 0 Å². The van der Waals surface area contributed by atoms with E-state index in [9.17, 15) is 4.79 Å². The second-order valence-electron chi connectivity index (χ2n) is 7.40. The Morgan fingerprint density at radius 1 is 1.32 bits per heavy atom. The third kappa shape index (κ3) is 4.42. The fourth-order valence-electron chi connectivity index (χ4n) is 3.14. The van der Waals surface area contributed by atoms with Gasteiger partial charge in [0.25, 0.3) is 0 Å². The number of methoxy groups -OCH3 is 1. The van der Waals surface area contributed by atoms with Crippen LogP contribution >= 0.6 is 23.2 Å². The van der Waals surface area contributed by atoms with Crippen molar-refractivity contribution in [2.75, 3.05) is 13.7 Å². The summed E-state index contributed by atoms with van der Waals surface area (Å²) in [5.74, 6) is 0.668. The summed E-state index contributed by atoms with van der Waals surface area (Å²) in [6.45, 7) is 12.0. The van der Waals surface area contributed by atoms with Crippen molar-refractivity contribution in [2.45, 2.75) is 51.7 Å². The van der Waals surface area contributed by atoms with Gasteiger partial charge in [0.15, 0.2) is 0 Å². The number of hydrogen-bond acceptors (Lipinski definition) is 3. The number of halogens is 2. The lowest BCUT2D eigenvalue weighted by Crippen LogP contribution is -2.40. The maximum atomic E-state index is 12.6. The molecule has 2 atom stereocenters. The molecule has 1 aliphatic rings. The Hall–Kier alpha value is -1.39. The van der Waals surface area contributed by atoms with Gasteiger partial charge in [-0.1, -0.05) is 35.4 Å². The second-order valence-corrected chi connectivity index (χ2v) is 8.19. The molecule has 1 aliphatic heterocycles. The van der Waals surface area contributed by atoms with Gasteiger partial charge in [-0.2, -0.15) is 0 Å². The third-order valence-electron chi connectivity index (χ3n) is 4.22. The molecule has 0 bridgehead atoms. The van der Waals surface area contributed by atoms with Gasteiger partial charge in [-0.15, -0.1) is 0 Å². The summed E-state index contributed by atoms with van der Waals surface area (Å²) >= 11 is 12.6. The highest BCUT2D eigenvalue weighted by Gasteiger charge is 2.40. The fourth-order valence-corrected chi connectivity index (χ4v) is 3.62. The molecule has 2 rings (SSSR count). The van der Waals surface area contributed by atoms with Crippen LogP contribution in [0.2, 0.25) is 10.0 Å². The molecule has 0 radical (unpaired) electrons. The van der Waals surface area contributed by atoms with E-state index in [0.29, 0.717) is 28.8 Å². The minimum absolute atomic E-state index is 0.00429. The Balaban J connectivity index is 2.36. The first-order valence-corrected chi connectivity index (χ1v) is 8.97. The number of amides is 1. The first-order valence-electron chi connectivity index (χ1n) is 8.22. The van der Waals surface area contributed by atoms with Gasteiger partial charge in [0, 0.05) is 18.0 Å². The first kappa shape index (κ1) is 19.9. The molecule has 138 valence electrons. The van der Waals surface area contributed by atoms with Crippen molar-refractivity contribution in [3.63, 3.8) is 0 Å². The van der Waals surface area contributed by atoms with Crippen LogP contribution in [-0.2, 0) is 4.74 Å². The number of likely N-dealkylation sites (tertiary alicyclic amines) is 1. The highest BCUT2D eigenvalue weighted by molar-refractivity contribution is 6.42. The number of hydrogen-bond donors (Lipinski definition) is 0. The molecule has 0 N–H and O–H groups in total. The maximum absolute atomic E-state index is 12.6. The normalized spacial score (nSPS) is 20.5. The third-order valence-corrected chi connectivity index (χ3v) is 5.04. The predicted octanol–water partition coefficient (Wildman–Crippen LogP) is 5.67. The molecule has 25 heavy (non-hydrogen) atoms. The minimum atomic E-state index is -0.555. The summed E-state index contributed by atoms with van der Waals surface area (Å²) in [7, 11) is 1.60. The summed E-state index contributed by atoms with van der Waals surface area (Å²) in [5, 5.41) is 0.942. The van der Waals surface area contributed by atoms with Crippen LogP contribution in [0.1, 0.15) is 45.6 Å². The van der Waals surface area contributed by atoms with Gasteiger partial charge in [0.2, 0.25) is 0 Å². The van der Waals surface area contributed by atoms with Crippen molar-refractivity contribution in [2.24, 2.45) is 0 Å². The molecule has 0 aliphatic carbocycles. The van der Waals surface area contributed by atoms with Gasteiger partial charge in [-0.25, -0.2) is 4.79 Å². The number of ether oxygens (including phenoxy) is 2. The standard InChI is InChI=1S/C19H25Cl2NO3/c1-11(2)14-9-12(10-22(14)18(23)25-19(3,4)5)16-15(24-6)8-7-13(20)17(16)21/h7-8,12,14H,1,9-10H2,2-6H3/t12-,14-/m0/s1. The van der Waals surface area contributed by atoms with Crippen LogP contribution < -0.4 is 4.74 Å². The van der Waals surface area contributed by atoms with Crippen LogP contribution in [0.4, 0.5) is 4.79 Å². The number of rotatable bonds is 3. The van der Waals surface area contributed by atoms with Crippen LogP contribution in [0.5, 0.6) is 5.75 Å². The second kappa shape index (κ2) is 7.46.